The number of allylic oxidation sites excluding steroid dienone is 2. The van der Waals surface area contributed by atoms with E-state index in [0.717, 1.165) is 12.8 Å². The monoisotopic (exact) mass is 562 g/mol. The number of halogens is 2. The van der Waals surface area contributed by atoms with E-state index in [0.29, 0.717) is 7.25 Å². The molecule has 2 aliphatic rings. The van der Waals surface area contributed by atoms with Crippen molar-refractivity contribution in [1.82, 2.24) is 0 Å². The van der Waals surface area contributed by atoms with Crippen LogP contribution < -0.4 is 24.8 Å². The zero-order valence-electron chi connectivity index (χ0n) is 21.0. The minimum atomic E-state index is -3.35. The second kappa shape index (κ2) is 9.33. The number of hydrogen-bond donors (Lipinski definition) is 0. The fraction of sp³-hybridized carbons (Fsp3) is 0.429. The van der Waals surface area contributed by atoms with Gasteiger partial charge in [-0.15, -0.1) is 0 Å². The molecule has 0 aliphatic heterocycles. The Hall–Kier alpha value is -0.400. The molecule has 0 radical (unpaired) electrons. The third kappa shape index (κ3) is 4.02. The fourth-order valence-corrected chi connectivity index (χ4v) is 28.3. The molecule has 2 aromatic carbocycles. The van der Waals surface area contributed by atoms with Gasteiger partial charge < -0.3 is 24.8 Å². The summed E-state index contributed by atoms with van der Waals surface area (Å²) in [4.78, 5) is 0. The van der Waals surface area contributed by atoms with Crippen LogP contribution in [0.15, 0.2) is 35.4 Å². The van der Waals surface area contributed by atoms with Crippen LogP contribution in [0.1, 0.15) is 79.5 Å². The van der Waals surface area contributed by atoms with Crippen molar-refractivity contribution in [2.24, 2.45) is 0 Å². The van der Waals surface area contributed by atoms with Crippen LogP contribution >= 0.6 is 0 Å². The first kappa shape index (κ1) is 27.8. The molecule has 0 nitrogen and oxygen atoms in total. The third-order valence-electron chi connectivity index (χ3n) is 8.08. The maximum Gasteiger partial charge on any atom is -1.00 e. The number of fused-ring (bicyclic) bond motifs is 2. The summed E-state index contributed by atoms with van der Waals surface area (Å²) in [6, 6.07) is 9.50. The third-order valence-corrected chi connectivity index (χ3v) is 25.9. The summed E-state index contributed by atoms with van der Waals surface area (Å²) in [5.41, 5.74) is 15.7. The van der Waals surface area contributed by atoms with Crippen LogP contribution in [0.2, 0.25) is 9.26 Å². The SMILES string of the molecule is CCc1ccc(C)c2c1C=C(C)[CH]2[Zr+2]([CH3])([CH3])(=[SiH2])[CH]1C(C)=Cc2c(CC)ccc(C)c21.[Cl-].[Cl-]. The van der Waals surface area contributed by atoms with Gasteiger partial charge in [0.2, 0.25) is 0 Å². The van der Waals surface area contributed by atoms with Gasteiger partial charge in [-0.3, -0.25) is 0 Å². The Morgan fingerprint density at radius 1 is 0.688 bits per heavy atom. The summed E-state index contributed by atoms with van der Waals surface area (Å²) in [5, 5.41) is 0. The molecule has 0 aromatic heterocycles. The van der Waals surface area contributed by atoms with E-state index < -0.39 is 17.4 Å². The first-order chi connectivity index (χ1) is 14.0. The molecule has 2 atom stereocenters. The average Bonchev–Trinajstić information content (AvgIpc) is 3.21. The Morgan fingerprint density at radius 2 is 1.03 bits per heavy atom. The first-order valence-electron chi connectivity index (χ1n) is 11.7. The van der Waals surface area contributed by atoms with Crippen molar-refractivity contribution >= 4 is 19.0 Å². The maximum atomic E-state index is 2.75. The number of rotatable bonds is 4. The molecule has 4 heteroatoms. The molecule has 0 spiro atoms. The molecule has 0 N–H and O–H groups in total. The smallest absolute Gasteiger partial charge is 1.00 e. The summed E-state index contributed by atoms with van der Waals surface area (Å²) >= 11 is -3.35. The van der Waals surface area contributed by atoms with Gasteiger partial charge in [-0.05, 0) is 0 Å². The van der Waals surface area contributed by atoms with Crippen molar-refractivity contribution in [2.75, 3.05) is 0 Å². The van der Waals surface area contributed by atoms with E-state index in [4.69, 9.17) is 0 Å². The maximum absolute atomic E-state index is 3.35. The molecular formula is C28H38Cl2SiZr. The largest absolute Gasteiger partial charge is 1.00 e. The number of aryl methyl sites for hydroxylation is 4. The molecule has 0 fully saturated rings. The second-order valence-electron chi connectivity index (χ2n) is 11.0. The van der Waals surface area contributed by atoms with E-state index >= 15 is 0 Å². The molecule has 0 bridgehead atoms. The Labute approximate surface area is 210 Å². The predicted molar refractivity (Wildman–Crippen MR) is 134 cm³/mol. The Bertz CT molecular complexity index is 1110. The normalized spacial score (nSPS) is 18.6. The topological polar surface area (TPSA) is 0 Å². The van der Waals surface area contributed by atoms with Crippen molar-refractivity contribution in [3.05, 3.63) is 79.9 Å². The van der Waals surface area contributed by atoms with E-state index in [1.165, 1.54) is 22.3 Å². The van der Waals surface area contributed by atoms with Gasteiger partial charge in [0.05, 0.1) is 0 Å². The van der Waals surface area contributed by atoms with Crippen molar-refractivity contribution in [2.45, 2.75) is 70.9 Å². The molecule has 2 aliphatic carbocycles. The van der Waals surface area contributed by atoms with E-state index in [9.17, 15) is 0 Å². The number of benzene rings is 2. The molecule has 32 heavy (non-hydrogen) atoms. The second-order valence-corrected chi connectivity index (χ2v) is 41.5. The van der Waals surface area contributed by atoms with E-state index in [1.54, 1.807) is 33.4 Å². The predicted octanol–water partition coefficient (Wildman–Crippen LogP) is 1.39. The van der Waals surface area contributed by atoms with Gasteiger partial charge in [-0.2, -0.15) is 0 Å². The minimum absolute atomic E-state index is 0. The van der Waals surface area contributed by atoms with Crippen molar-refractivity contribution in [3.8, 4) is 0 Å². The van der Waals surface area contributed by atoms with Gasteiger partial charge in [0.15, 0.2) is 0 Å². The summed E-state index contributed by atoms with van der Waals surface area (Å²) in [7, 11) is 0. The Balaban J connectivity index is 0.00000181. The van der Waals surface area contributed by atoms with E-state index in [2.05, 4.69) is 94.1 Å². The summed E-state index contributed by atoms with van der Waals surface area (Å²) in [6.45, 7) is 16.6. The molecule has 2 unspecified atom stereocenters. The van der Waals surface area contributed by atoms with Crippen LogP contribution in [-0.4, -0.2) is 6.88 Å². The zero-order chi connectivity index (χ0) is 22.0. The standard InChI is InChI=1S/2C13H15.2CH3.2ClH.H2Si.Zr/c2*1-4-11-6-5-10(3)12-7-9(2)8-13(11)12;;;;;;/h2*5-8H,4H2,1-3H3;2*1H3;2*1H;1H2;/q;;;;;;;+2/p-2. The Morgan fingerprint density at radius 3 is 1.34 bits per heavy atom. The molecule has 172 valence electrons. The van der Waals surface area contributed by atoms with Gasteiger partial charge in [0.25, 0.3) is 0 Å². The molecule has 4 rings (SSSR count). The summed E-state index contributed by atoms with van der Waals surface area (Å²) < 4.78 is 6.78. The van der Waals surface area contributed by atoms with Crippen molar-refractivity contribution < 1.29 is 42.2 Å². The van der Waals surface area contributed by atoms with Crippen LogP contribution in [0.25, 0.3) is 12.2 Å². The summed E-state index contributed by atoms with van der Waals surface area (Å²) in [5.74, 6) is 0. The van der Waals surface area contributed by atoms with Crippen molar-refractivity contribution in [1.29, 1.82) is 0 Å². The van der Waals surface area contributed by atoms with Crippen LogP contribution in [-0.2, 0) is 30.2 Å². The molecule has 0 amide bonds. The number of hydrogen-bond acceptors (Lipinski definition) is 0. The quantitative estimate of drug-likeness (QED) is 0.493. The molecular weight excluding hydrogens is 527 g/mol. The van der Waals surface area contributed by atoms with Crippen LogP contribution in [0.3, 0.4) is 0 Å². The van der Waals surface area contributed by atoms with Gasteiger partial charge in [-0.25, -0.2) is 0 Å². The molecule has 0 heterocycles. The molecule has 0 saturated carbocycles. The van der Waals surface area contributed by atoms with Gasteiger partial charge in [-0.1, -0.05) is 0 Å². The molecule has 0 saturated heterocycles. The van der Waals surface area contributed by atoms with Crippen LogP contribution in [0.5, 0.6) is 0 Å². The van der Waals surface area contributed by atoms with Gasteiger partial charge in [0, 0.05) is 0 Å². The first-order valence-corrected chi connectivity index (χ1v) is 25.4. The Kier molecular flexibility index (Phi) is 8.12. The van der Waals surface area contributed by atoms with E-state index in [-0.39, 0.29) is 24.8 Å². The van der Waals surface area contributed by atoms with Crippen molar-refractivity contribution in [3.63, 3.8) is 0 Å². The fourth-order valence-electron chi connectivity index (χ4n) is 6.99. The van der Waals surface area contributed by atoms with Gasteiger partial charge in [0.1, 0.15) is 0 Å². The summed E-state index contributed by atoms with van der Waals surface area (Å²) in [6.07, 6.45) is 7.33. The van der Waals surface area contributed by atoms with Crippen LogP contribution in [0.4, 0.5) is 0 Å². The average molecular weight is 565 g/mol. The van der Waals surface area contributed by atoms with E-state index in [1.807, 2.05) is 0 Å². The van der Waals surface area contributed by atoms with Crippen LogP contribution in [0, 0.1) is 13.8 Å². The minimum Gasteiger partial charge on any atom is -1.00 e. The zero-order valence-corrected chi connectivity index (χ0v) is 26.4. The van der Waals surface area contributed by atoms with Gasteiger partial charge >= 0.3 is 187 Å². The molecule has 2 aromatic rings.